The highest BCUT2D eigenvalue weighted by Crippen LogP contribution is 2.11. The number of nitrogens with one attached hydrogen (secondary N) is 1. The Morgan fingerprint density at radius 3 is 2.67 bits per heavy atom. The maximum atomic E-state index is 5.65. The van der Waals surface area contributed by atoms with Gasteiger partial charge in [-0.15, -0.1) is 0 Å². The van der Waals surface area contributed by atoms with Gasteiger partial charge in [-0.25, -0.2) is 0 Å². The molecule has 1 aliphatic heterocycles. The molecule has 1 unspecified atom stereocenters. The van der Waals surface area contributed by atoms with E-state index in [0.717, 1.165) is 32.8 Å². The monoisotopic (exact) mass is 257 g/mol. The summed E-state index contributed by atoms with van der Waals surface area (Å²) in [5, 5.41) is 3.64. The van der Waals surface area contributed by atoms with Gasteiger partial charge in [0.1, 0.15) is 0 Å². The van der Waals surface area contributed by atoms with E-state index in [9.17, 15) is 0 Å². The predicted molar refractivity (Wildman–Crippen MR) is 76.0 cm³/mol. The van der Waals surface area contributed by atoms with Crippen LogP contribution in [0.1, 0.15) is 58.8 Å². The lowest BCUT2D eigenvalue weighted by Crippen LogP contribution is -2.30. The second kappa shape index (κ2) is 10.8. The van der Waals surface area contributed by atoms with Crippen LogP contribution in [0.4, 0.5) is 0 Å². The molecule has 0 bridgehead atoms. The van der Waals surface area contributed by atoms with Crippen LogP contribution >= 0.6 is 0 Å². The topological polar surface area (TPSA) is 30.5 Å². The minimum atomic E-state index is 0.367. The van der Waals surface area contributed by atoms with Crippen LogP contribution in [0.25, 0.3) is 0 Å². The second-order valence-electron chi connectivity index (χ2n) is 5.29. The molecule has 0 amide bonds. The van der Waals surface area contributed by atoms with Gasteiger partial charge in [0, 0.05) is 19.3 Å². The molecule has 0 radical (unpaired) electrons. The maximum absolute atomic E-state index is 5.65. The number of hydrogen-bond donors (Lipinski definition) is 1. The molecule has 108 valence electrons. The molecule has 1 N–H and O–H groups in total. The van der Waals surface area contributed by atoms with Gasteiger partial charge in [-0.2, -0.15) is 0 Å². The van der Waals surface area contributed by atoms with Crippen LogP contribution in [0, 0.1) is 0 Å². The number of hydrogen-bond acceptors (Lipinski definition) is 3. The zero-order valence-electron chi connectivity index (χ0n) is 12.2. The Morgan fingerprint density at radius 2 is 2.06 bits per heavy atom. The molecular weight excluding hydrogens is 226 g/mol. The molecule has 3 nitrogen and oxygen atoms in total. The highest BCUT2D eigenvalue weighted by Gasteiger charge is 2.14. The fourth-order valence-electron chi connectivity index (χ4n) is 2.52. The Balaban J connectivity index is 1.89. The highest BCUT2D eigenvalue weighted by molar-refractivity contribution is 4.66. The van der Waals surface area contributed by atoms with Crippen LogP contribution in [0.15, 0.2) is 0 Å². The first-order valence-corrected chi connectivity index (χ1v) is 7.79. The van der Waals surface area contributed by atoms with Crippen LogP contribution in [0.2, 0.25) is 0 Å². The zero-order chi connectivity index (χ0) is 13.1. The SMILES string of the molecule is CCCC(CCC)NCCCOCC1CCCO1. The van der Waals surface area contributed by atoms with Crippen LogP contribution in [-0.4, -0.2) is 38.5 Å². The van der Waals surface area contributed by atoms with Crippen LogP contribution < -0.4 is 5.32 Å². The molecule has 0 aromatic heterocycles. The first-order valence-electron chi connectivity index (χ1n) is 7.79. The summed E-state index contributed by atoms with van der Waals surface area (Å²) in [6.07, 6.45) is 8.98. The zero-order valence-corrected chi connectivity index (χ0v) is 12.2. The lowest BCUT2D eigenvalue weighted by Gasteiger charge is -2.17. The lowest BCUT2D eigenvalue weighted by molar-refractivity contribution is 0.0165. The largest absolute Gasteiger partial charge is 0.379 e. The van der Waals surface area contributed by atoms with Crippen LogP contribution in [0.5, 0.6) is 0 Å². The van der Waals surface area contributed by atoms with Crippen molar-refractivity contribution in [3.05, 3.63) is 0 Å². The average Bonchev–Trinajstić information content (AvgIpc) is 2.87. The van der Waals surface area contributed by atoms with Crippen molar-refractivity contribution in [3.8, 4) is 0 Å². The molecule has 1 fully saturated rings. The van der Waals surface area contributed by atoms with E-state index in [1.165, 1.54) is 38.5 Å². The minimum Gasteiger partial charge on any atom is -0.379 e. The van der Waals surface area contributed by atoms with Crippen molar-refractivity contribution in [2.75, 3.05) is 26.4 Å². The predicted octanol–water partition coefficient (Wildman–Crippen LogP) is 3.13. The van der Waals surface area contributed by atoms with Crippen LogP contribution in [0.3, 0.4) is 0 Å². The van der Waals surface area contributed by atoms with Gasteiger partial charge in [-0.3, -0.25) is 0 Å². The average molecular weight is 257 g/mol. The molecule has 1 heterocycles. The van der Waals surface area contributed by atoms with Gasteiger partial charge in [-0.05, 0) is 38.6 Å². The normalized spacial score (nSPS) is 19.8. The molecule has 3 heteroatoms. The molecule has 0 saturated carbocycles. The van der Waals surface area contributed by atoms with Crippen molar-refractivity contribution in [1.82, 2.24) is 5.32 Å². The van der Waals surface area contributed by atoms with E-state index in [0.29, 0.717) is 12.1 Å². The first-order chi connectivity index (χ1) is 8.86. The summed E-state index contributed by atoms with van der Waals surface area (Å²) in [5.41, 5.74) is 0. The van der Waals surface area contributed by atoms with Gasteiger partial charge in [0.05, 0.1) is 12.7 Å². The van der Waals surface area contributed by atoms with Gasteiger partial charge in [-0.1, -0.05) is 26.7 Å². The molecule has 0 spiro atoms. The van der Waals surface area contributed by atoms with Gasteiger partial charge in [0.25, 0.3) is 0 Å². The molecule has 1 saturated heterocycles. The minimum absolute atomic E-state index is 0.367. The Morgan fingerprint density at radius 1 is 1.28 bits per heavy atom. The highest BCUT2D eigenvalue weighted by atomic mass is 16.5. The van der Waals surface area contributed by atoms with E-state index in [1.54, 1.807) is 0 Å². The van der Waals surface area contributed by atoms with Crippen molar-refractivity contribution >= 4 is 0 Å². The van der Waals surface area contributed by atoms with E-state index >= 15 is 0 Å². The summed E-state index contributed by atoms with van der Waals surface area (Å²) in [7, 11) is 0. The van der Waals surface area contributed by atoms with Crippen molar-refractivity contribution in [2.45, 2.75) is 70.9 Å². The summed E-state index contributed by atoms with van der Waals surface area (Å²) in [4.78, 5) is 0. The summed E-state index contributed by atoms with van der Waals surface area (Å²) in [6, 6.07) is 0.707. The van der Waals surface area contributed by atoms with E-state index in [1.807, 2.05) is 0 Å². The number of ether oxygens (including phenoxy) is 2. The summed E-state index contributed by atoms with van der Waals surface area (Å²) >= 11 is 0. The maximum Gasteiger partial charge on any atom is 0.0809 e. The third kappa shape index (κ3) is 7.34. The Kier molecular flexibility index (Phi) is 9.54. The van der Waals surface area contributed by atoms with Gasteiger partial charge in [0.15, 0.2) is 0 Å². The smallest absolute Gasteiger partial charge is 0.0809 e. The Labute approximate surface area is 113 Å². The fourth-order valence-corrected chi connectivity index (χ4v) is 2.52. The molecule has 0 aliphatic carbocycles. The van der Waals surface area contributed by atoms with Crippen LogP contribution in [-0.2, 0) is 9.47 Å². The lowest BCUT2D eigenvalue weighted by atomic mass is 10.1. The molecule has 0 aromatic rings. The van der Waals surface area contributed by atoms with Crippen molar-refractivity contribution < 1.29 is 9.47 Å². The Hall–Kier alpha value is -0.120. The van der Waals surface area contributed by atoms with E-state index in [-0.39, 0.29) is 0 Å². The first kappa shape index (κ1) is 15.9. The molecular formula is C15H31NO2. The molecule has 1 aliphatic rings. The van der Waals surface area contributed by atoms with Crippen molar-refractivity contribution in [3.63, 3.8) is 0 Å². The Bertz CT molecular complexity index is 175. The van der Waals surface area contributed by atoms with E-state index in [2.05, 4.69) is 19.2 Å². The number of rotatable bonds is 11. The molecule has 18 heavy (non-hydrogen) atoms. The van der Waals surface area contributed by atoms with Gasteiger partial charge < -0.3 is 14.8 Å². The quantitative estimate of drug-likeness (QED) is 0.577. The van der Waals surface area contributed by atoms with Gasteiger partial charge >= 0.3 is 0 Å². The van der Waals surface area contributed by atoms with Crippen molar-refractivity contribution in [2.24, 2.45) is 0 Å². The molecule has 1 rings (SSSR count). The third-order valence-electron chi connectivity index (χ3n) is 3.50. The van der Waals surface area contributed by atoms with E-state index in [4.69, 9.17) is 9.47 Å². The third-order valence-corrected chi connectivity index (χ3v) is 3.50. The summed E-state index contributed by atoms with van der Waals surface area (Å²) in [5.74, 6) is 0. The molecule has 1 atom stereocenters. The summed E-state index contributed by atoms with van der Waals surface area (Å²) in [6.45, 7) is 8.16. The summed E-state index contributed by atoms with van der Waals surface area (Å²) < 4.78 is 11.2. The molecule has 0 aromatic carbocycles. The standard InChI is InChI=1S/C15H31NO2/c1-3-7-14(8-4-2)16-10-6-11-17-13-15-9-5-12-18-15/h14-16H,3-13H2,1-2H3. The second-order valence-corrected chi connectivity index (χ2v) is 5.29. The fraction of sp³-hybridized carbons (Fsp3) is 1.00. The van der Waals surface area contributed by atoms with Crippen molar-refractivity contribution in [1.29, 1.82) is 0 Å². The van der Waals surface area contributed by atoms with E-state index < -0.39 is 0 Å². The van der Waals surface area contributed by atoms with Gasteiger partial charge in [0.2, 0.25) is 0 Å².